The van der Waals surface area contributed by atoms with Crippen molar-refractivity contribution in [3.63, 3.8) is 0 Å². The Morgan fingerprint density at radius 3 is 1.93 bits per heavy atom. The predicted octanol–water partition coefficient (Wildman–Crippen LogP) is 4.78. The third kappa shape index (κ3) is 6.02. The molecule has 2 aromatic rings. The monoisotopic (exact) mass is 410 g/mol. The van der Waals surface area contributed by atoms with Crippen LogP contribution < -0.4 is 0 Å². The van der Waals surface area contributed by atoms with Gasteiger partial charge >= 0.3 is 11.9 Å². The molecule has 5 nitrogen and oxygen atoms in total. The Balaban J connectivity index is 2.10. The lowest BCUT2D eigenvalue weighted by Gasteiger charge is -2.29. The van der Waals surface area contributed by atoms with Gasteiger partial charge in [-0.25, -0.2) is 0 Å². The van der Waals surface area contributed by atoms with Gasteiger partial charge in [-0.1, -0.05) is 82.3 Å². The first-order valence-corrected chi connectivity index (χ1v) is 10.1. The number of carbonyl (C=O) groups is 3. The summed E-state index contributed by atoms with van der Waals surface area (Å²) in [6.45, 7) is 8.97. The van der Waals surface area contributed by atoms with E-state index in [9.17, 15) is 19.5 Å². The van der Waals surface area contributed by atoms with Gasteiger partial charge in [-0.3, -0.25) is 14.4 Å². The van der Waals surface area contributed by atoms with E-state index < -0.39 is 35.7 Å². The Hall–Kier alpha value is -2.95. The zero-order valence-electron chi connectivity index (χ0n) is 18.2. The number of ketones is 1. The summed E-state index contributed by atoms with van der Waals surface area (Å²) in [4.78, 5) is 37.0. The van der Waals surface area contributed by atoms with Gasteiger partial charge in [0.15, 0.2) is 5.78 Å². The Bertz CT molecular complexity index is 878. The number of hydrogen-bond acceptors (Lipinski definition) is 4. The summed E-state index contributed by atoms with van der Waals surface area (Å²) in [6, 6.07) is 17.2. The van der Waals surface area contributed by atoms with Crippen LogP contribution in [0, 0.1) is 17.3 Å². The number of benzene rings is 2. The van der Waals surface area contributed by atoms with Crippen molar-refractivity contribution in [2.45, 2.75) is 47.1 Å². The molecule has 0 bridgehead atoms. The smallest absolute Gasteiger partial charge is 0.314 e. The second-order valence-corrected chi connectivity index (χ2v) is 8.76. The van der Waals surface area contributed by atoms with E-state index in [4.69, 9.17) is 4.74 Å². The second-order valence-electron chi connectivity index (χ2n) is 8.76. The first-order chi connectivity index (χ1) is 14.0. The molecule has 2 rings (SSSR count). The molecule has 160 valence electrons. The van der Waals surface area contributed by atoms with Crippen molar-refractivity contribution in [3.8, 4) is 11.1 Å². The molecular formula is C25H30O5. The van der Waals surface area contributed by atoms with E-state index >= 15 is 0 Å². The average molecular weight is 411 g/mol. The van der Waals surface area contributed by atoms with Crippen molar-refractivity contribution in [2.75, 3.05) is 0 Å². The number of carbonyl (C=O) groups excluding carboxylic acids is 2. The van der Waals surface area contributed by atoms with E-state index in [0.717, 1.165) is 11.1 Å². The number of rotatable bonds is 8. The zero-order chi connectivity index (χ0) is 22.5. The van der Waals surface area contributed by atoms with Gasteiger partial charge in [0, 0.05) is 6.42 Å². The molecule has 0 aliphatic heterocycles. The van der Waals surface area contributed by atoms with Gasteiger partial charge in [0.05, 0.1) is 5.92 Å². The van der Waals surface area contributed by atoms with Crippen LogP contribution in [0.5, 0.6) is 0 Å². The van der Waals surface area contributed by atoms with Gasteiger partial charge in [-0.15, -0.1) is 0 Å². The zero-order valence-corrected chi connectivity index (χ0v) is 18.2. The molecule has 1 N–H and O–H groups in total. The van der Waals surface area contributed by atoms with Crippen molar-refractivity contribution < 1.29 is 24.2 Å². The Morgan fingerprint density at radius 2 is 1.43 bits per heavy atom. The number of carboxylic acids is 1. The molecule has 5 heteroatoms. The minimum absolute atomic E-state index is 0.0571. The summed E-state index contributed by atoms with van der Waals surface area (Å²) in [5.41, 5.74) is 2.49. The van der Waals surface area contributed by atoms with Gasteiger partial charge in [-0.2, -0.15) is 0 Å². The summed E-state index contributed by atoms with van der Waals surface area (Å²) in [5.74, 6) is -5.00. The lowest BCUT2D eigenvalue weighted by molar-refractivity contribution is -0.166. The molecule has 0 fully saturated rings. The molecule has 0 aliphatic rings. The fraction of sp³-hybridized carbons (Fsp3) is 0.400. The van der Waals surface area contributed by atoms with Crippen molar-refractivity contribution in [2.24, 2.45) is 17.3 Å². The third-order valence-corrected chi connectivity index (χ3v) is 5.44. The highest BCUT2D eigenvalue weighted by Crippen LogP contribution is 2.25. The van der Waals surface area contributed by atoms with E-state index in [1.165, 1.54) is 6.92 Å². The summed E-state index contributed by atoms with van der Waals surface area (Å²) in [6.07, 6.45) is -0.457. The lowest BCUT2D eigenvalue weighted by Crippen LogP contribution is -2.39. The minimum Gasteiger partial charge on any atom is -0.481 e. The van der Waals surface area contributed by atoms with Crippen LogP contribution in [-0.2, 0) is 25.5 Å². The molecule has 30 heavy (non-hydrogen) atoms. The van der Waals surface area contributed by atoms with Crippen LogP contribution in [-0.4, -0.2) is 28.9 Å². The molecule has 0 spiro atoms. The molecule has 2 unspecified atom stereocenters. The van der Waals surface area contributed by atoms with E-state index in [-0.39, 0.29) is 11.8 Å². The number of aliphatic carboxylic acids is 1. The van der Waals surface area contributed by atoms with Gasteiger partial charge in [-0.05, 0) is 29.0 Å². The van der Waals surface area contributed by atoms with Crippen LogP contribution in [0.1, 0.15) is 40.2 Å². The maximum Gasteiger partial charge on any atom is 0.314 e. The standard InChI is InChI=1S/C25H30O5/c1-16(24(29)30-17(2)25(3,4)5)22(23(27)28)21(26)15-18-11-13-20(14-12-18)19-9-7-6-8-10-19/h6-14,16-17,22H,15H2,1-5H3,(H,27,28)/t16-,17?,22?/m1/s1. The van der Waals surface area contributed by atoms with E-state index in [1.807, 2.05) is 75.4 Å². The SMILES string of the molecule is CC(OC(=O)[C@H](C)C(C(=O)O)C(=O)Cc1ccc(-c2ccccc2)cc1)C(C)(C)C. The van der Waals surface area contributed by atoms with Crippen molar-refractivity contribution in [3.05, 3.63) is 60.2 Å². The van der Waals surface area contributed by atoms with Gasteiger partial charge in [0.1, 0.15) is 12.0 Å². The summed E-state index contributed by atoms with van der Waals surface area (Å²) in [7, 11) is 0. The van der Waals surface area contributed by atoms with Crippen LogP contribution in [0.2, 0.25) is 0 Å². The molecule has 3 atom stereocenters. The molecule has 2 aromatic carbocycles. The average Bonchev–Trinajstić information content (AvgIpc) is 2.68. The largest absolute Gasteiger partial charge is 0.481 e. The molecule has 0 heterocycles. The van der Waals surface area contributed by atoms with Gasteiger partial charge in [0.25, 0.3) is 0 Å². The molecule has 0 radical (unpaired) electrons. The number of hydrogen-bond donors (Lipinski definition) is 1. The van der Waals surface area contributed by atoms with E-state index in [0.29, 0.717) is 5.56 Å². The van der Waals surface area contributed by atoms with Crippen molar-refractivity contribution in [1.29, 1.82) is 0 Å². The van der Waals surface area contributed by atoms with Crippen molar-refractivity contribution in [1.82, 2.24) is 0 Å². The summed E-state index contributed by atoms with van der Waals surface area (Å²) >= 11 is 0. The summed E-state index contributed by atoms with van der Waals surface area (Å²) < 4.78 is 5.42. The highest BCUT2D eigenvalue weighted by molar-refractivity contribution is 6.02. The van der Waals surface area contributed by atoms with Gasteiger partial charge in [0.2, 0.25) is 0 Å². The fourth-order valence-electron chi connectivity index (χ4n) is 2.98. The molecule has 0 saturated carbocycles. The Morgan fingerprint density at radius 1 is 0.900 bits per heavy atom. The highest BCUT2D eigenvalue weighted by atomic mass is 16.5. The normalized spacial score (nSPS) is 14.4. The quantitative estimate of drug-likeness (QED) is 0.500. The Labute approximate surface area is 178 Å². The first kappa shape index (κ1) is 23.3. The van der Waals surface area contributed by atoms with E-state index in [2.05, 4.69) is 0 Å². The topological polar surface area (TPSA) is 80.7 Å². The summed E-state index contributed by atoms with van der Waals surface area (Å²) in [5, 5.41) is 9.60. The number of carboxylic acid groups (broad SMARTS) is 1. The van der Waals surface area contributed by atoms with Crippen LogP contribution >= 0.6 is 0 Å². The van der Waals surface area contributed by atoms with Crippen LogP contribution in [0.25, 0.3) is 11.1 Å². The third-order valence-electron chi connectivity index (χ3n) is 5.44. The predicted molar refractivity (Wildman–Crippen MR) is 116 cm³/mol. The highest BCUT2D eigenvalue weighted by Gasteiger charge is 2.38. The van der Waals surface area contributed by atoms with Crippen LogP contribution in [0.3, 0.4) is 0 Å². The molecular weight excluding hydrogens is 380 g/mol. The molecule has 0 aliphatic carbocycles. The van der Waals surface area contributed by atoms with Crippen LogP contribution in [0.15, 0.2) is 54.6 Å². The Kier molecular flexibility index (Phi) is 7.54. The molecule has 0 aromatic heterocycles. The number of esters is 1. The molecule has 0 saturated heterocycles. The van der Waals surface area contributed by atoms with E-state index in [1.54, 1.807) is 6.92 Å². The van der Waals surface area contributed by atoms with Crippen molar-refractivity contribution >= 4 is 17.7 Å². The molecule has 0 amide bonds. The van der Waals surface area contributed by atoms with Gasteiger partial charge < -0.3 is 9.84 Å². The van der Waals surface area contributed by atoms with Crippen LogP contribution in [0.4, 0.5) is 0 Å². The lowest BCUT2D eigenvalue weighted by atomic mass is 9.86. The maximum atomic E-state index is 12.7. The number of ether oxygens (including phenoxy) is 1. The fourth-order valence-corrected chi connectivity index (χ4v) is 2.98. The minimum atomic E-state index is -1.45. The second kappa shape index (κ2) is 9.70. The maximum absolute atomic E-state index is 12.7. The number of Topliss-reactive ketones (excluding diaryl/α,β-unsaturated/α-hetero) is 1. The first-order valence-electron chi connectivity index (χ1n) is 10.1.